The van der Waals surface area contributed by atoms with Crippen LogP contribution in [0.2, 0.25) is 0 Å². The van der Waals surface area contributed by atoms with Gasteiger partial charge in [-0.2, -0.15) is 4.98 Å². The quantitative estimate of drug-likeness (QED) is 0.573. The van der Waals surface area contributed by atoms with Crippen LogP contribution >= 0.6 is 11.3 Å². The van der Waals surface area contributed by atoms with Gasteiger partial charge in [-0.15, -0.1) is 16.4 Å². The molecule has 0 spiro atoms. The normalized spacial score (nSPS) is 11.2. The lowest BCUT2D eigenvalue weighted by molar-refractivity contribution is 0.0773. The van der Waals surface area contributed by atoms with Crippen molar-refractivity contribution in [2.45, 2.75) is 13.5 Å². The van der Waals surface area contributed by atoms with Crippen LogP contribution in [0.4, 0.5) is 0 Å². The maximum atomic E-state index is 12.6. The van der Waals surface area contributed by atoms with Crippen LogP contribution in [0.1, 0.15) is 21.3 Å². The molecule has 120 valence electrons. The van der Waals surface area contributed by atoms with Crippen LogP contribution in [0.25, 0.3) is 16.0 Å². The second-order valence-corrected chi connectivity index (χ2v) is 6.59. The summed E-state index contributed by atoms with van der Waals surface area (Å²) in [7, 11) is 1.72. The Hall–Kier alpha value is -2.87. The van der Waals surface area contributed by atoms with Crippen LogP contribution in [0.3, 0.4) is 0 Å². The van der Waals surface area contributed by atoms with Crippen molar-refractivity contribution in [3.8, 4) is 0 Å². The average Bonchev–Trinajstić information content (AvgIpc) is 3.18. The lowest BCUT2D eigenvalue weighted by Gasteiger charge is -2.12. The minimum atomic E-state index is -0.251. The molecule has 0 N–H and O–H groups in total. The summed E-state index contributed by atoms with van der Waals surface area (Å²) in [5.74, 6) is 0.311. The first-order valence-electron chi connectivity index (χ1n) is 7.40. The van der Waals surface area contributed by atoms with E-state index in [4.69, 9.17) is 0 Å². The topological polar surface area (TPSA) is 76.3 Å². The van der Waals surface area contributed by atoms with Crippen LogP contribution in [0, 0.1) is 6.92 Å². The molecule has 7 nitrogen and oxygen atoms in total. The van der Waals surface area contributed by atoms with Crippen LogP contribution < -0.4 is 0 Å². The third-order valence-electron chi connectivity index (χ3n) is 3.68. The van der Waals surface area contributed by atoms with E-state index < -0.39 is 0 Å². The molecule has 1 aromatic carbocycles. The zero-order valence-electron chi connectivity index (χ0n) is 13.2. The number of hydrogen-bond donors (Lipinski definition) is 0. The van der Waals surface area contributed by atoms with Crippen molar-refractivity contribution in [3.05, 3.63) is 53.1 Å². The highest BCUT2D eigenvalue weighted by Crippen LogP contribution is 2.22. The molecule has 0 radical (unpaired) electrons. The Morgan fingerprint density at radius 3 is 2.88 bits per heavy atom. The highest BCUT2D eigenvalue weighted by atomic mass is 32.1. The molecule has 4 aromatic rings. The van der Waals surface area contributed by atoms with Gasteiger partial charge in [-0.25, -0.2) is 14.5 Å². The van der Waals surface area contributed by atoms with Crippen molar-refractivity contribution >= 4 is 33.2 Å². The van der Waals surface area contributed by atoms with E-state index in [-0.39, 0.29) is 11.7 Å². The zero-order valence-corrected chi connectivity index (χ0v) is 14.0. The van der Waals surface area contributed by atoms with E-state index in [9.17, 15) is 4.79 Å². The lowest BCUT2D eigenvalue weighted by Crippen LogP contribution is -2.27. The Labute approximate surface area is 141 Å². The number of hydrogen-bond acceptors (Lipinski definition) is 6. The molecule has 1 amide bonds. The van der Waals surface area contributed by atoms with Gasteiger partial charge in [-0.3, -0.25) is 4.79 Å². The second kappa shape index (κ2) is 5.64. The number of carbonyl (C=O) groups excluding carboxylic acids is 1. The van der Waals surface area contributed by atoms with E-state index in [1.54, 1.807) is 34.0 Å². The van der Waals surface area contributed by atoms with Gasteiger partial charge < -0.3 is 4.90 Å². The average molecular weight is 338 g/mol. The summed E-state index contributed by atoms with van der Waals surface area (Å²) in [6, 6.07) is 9.75. The number of benzene rings is 1. The predicted octanol–water partition coefficient (Wildman–Crippen LogP) is 2.31. The summed E-state index contributed by atoms with van der Waals surface area (Å²) in [4.78, 5) is 27.0. The maximum Gasteiger partial charge on any atom is 0.293 e. The number of nitrogens with zero attached hydrogens (tertiary/aromatic N) is 6. The number of aromatic nitrogens is 5. The van der Waals surface area contributed by atoms with Crippen molar-refractivity contribution in [1.29, 1.82) is 0 Å². The Morgan fingerprint density at radius 1 is 1.25 bits per heavy atom. The van der Waals surface area contributed by atoms with E-state index >= 15 is 0 Å². The number of carbonyl (C=O) groups is 1. The number of amides is 1. The minimum Gasteiger partial charge on any atom is -0.332 e. The van der Waals surface area contributed by atoms with E-state index in [2.05, 4.69) is 20.1 Å². The molecule has 3 heterocycles. The van der Waals surface area contributed by atoms with Crippen LogP contribution in [0.15, 0.2) is 36.5 Å². The molecule has 0 aliphatic carbocycles. The summed E-state index contributed by atoms with van der Waals surface area (Å²) in [5.41, 5.74) is 1.82. The third-order valence-corrected chi connectivity index (χ3v) is 4.70. The molecule has 0 aliphatic rings. The first-order chi connectivity index (χ1) is 11.6. The SMILES string of the molecule is Cc1ccnc2nc(C(=O)N(C)Cc3nc4ccccc4s3)nn12. The molecule has 0 saturated carbocycles. The standard InChI is InChI=1S/C16H14N6OS/c1-10-7-8-17-16-19-14(20-22(10)16)15(23)21(2)9-13-18-11-5-3-4-6-12(11)24-13/h3-8H,9H2,1-2H3. The van der Waals surface area contributed by atoms with Crippen molar-refractivity contribution in [1.82, 2.24) is 29.5 Å². The molecule has 4 rings (SSSR count). The summed E-state index contributed by atoms with van der Waals surface area (Å²) >= 11 is 1.58. The molecule has 0 fully saturated rings. The molecule has 0 aliphatic heterocycles. The highest BCUT2D eigenvalue weighted by molar-refractivity contribution is 7.18. The van der Waals surface area contributed by atoms with Crippen LogP contribution in [-0.4, -0.2) is 42.4 Å². The van der Waals surface area contributed by atoms with Gasteiger partial charge in [-0.05, 0) is 25.1 Å². The van der Waals surface area contributed by atoms with Crippen LogP contribution in [0.5, 0.6) is 0 Å². The van der Waals surface area contributed by atoms with Crippen molar-refractivity contribution in [3.63, 3.8) is 0 Å². The number of aryl methyl sites for hydroxylation is 1. The number of para-hydroxylation sites is 1. The minimum absolute atomic E-state index is 0.139. The fraction of sp³-hybridized carbons (Fsp3) is 0.188. The van der Waals surface area contributed by atoms with E-state index in [0.717, 1.165) is 20.9 Å². The Morgan fingerprint density at radius 2 is 2.08 bits per heavy atom. The van der Waals surface area contributed by atoms with Gasteiger partial charge in [0.1, 0.15) is 5.01 Å². The molecule has 0 saturated heterocycles. The number of fused-ring (bicyclic) bond motifs is 2. The molecular formula is C16H14N6OS. The summed E-state index contributed by atoms with van der Waals surface area (Å²) < 4.78 is 2.68. The second-order valence-electron chi connectivity index (χ2n) is 5.47. The Balaban J connectivity index is 1.59. The van der Waals surface area contributed by atoms with Crippen molar-refractivity contribution in [2.24, 2.45) is 0 Å². The van der Waals surface area contributed by atoms with E-state index in [1.807, 2.05) is 37.3 Å². The van der Waals surface area contributed by atoms with Gasteiger partial charge in [0.25, 0.3) is 11.7 Å². The van der Waals surface area contributed by atoms with E-state index in [1.165, 1.54) is 0 Å². The van der Waals surface area contributed by atoms with Crippen molar-refractivity contribution < 1.29 is 4.79 Å². The molecule has 0 bridgehead atoms. The van der Waals surface area contributed by atoms with Crippen LogP contribution in [-0.2, 0) is 6.54 Å². The third kappa shape index (κ3) is 2.50. The largest absolute Gasteiger partial charge is 0.332 e. The van der Waals surface area contributed by atoms with Gasteiger partial charge in [-0.1, -0.05) is 12.1 Å². The highest BCUT2D eigenvalue weighted by Gasteiger charge is 2.19. The monoisotopic (exact) mass is 338 g/mol. The fourth-order valence-electron chi connectivity index (χ4n) is 2.43. The van der Waals surface area contributed by atoms with Crippen molar-refractivity contribution in [2.75, 3.05) is 7.05 Å². The van der Waals surface area contributed by atoms with E-state index in [0.29, 0.717) is 12.3 Å². The first kappa shape index (κ1) is 14.7. The maximum absolute atomic E-state index is 12.6. The molecule has 3 aromatic heterocycles. The smallest absolute Gasteiger partial charge is 0.293 e. The Kier molecular flexibility index (Phi) is 3.46. The zero-order chi connectivity index (χ0) is 16.7. The molecule has 8 heteroatoms. The Bertz CT molecular complexity index is 1020. The molecule has 0 unspecified atom stereocenters. The van der Waals surface area contributed by atoms with Gasteiger partial charge in [0.15, 0.2) is 0 Å². The number of thiazole rings is 1. The first-order valence-corrected chi connectivity index (χ1v) is 8.22. The van der Waals surface area contributed by atoms with Gasteiger partial charge >= 0.3 is 0 Å². The van der Waals surface area contributed by atoms with Gasteiger partial charge in [0, 0.05) is 18.9 Å². The number of rotatable bonds is 3. The molecular weight excluding hydrogens is 324 g/mol. The predicted molar refractivity (Wildman–Crippen MR) is 90.9 cm³/mol. The lowest BCUT2D eigenvalue weighted by atomic mass is 10.3. The van der Waals surface area contributed by atoms with Gasteiger partial charge in [0.2, 0.25) is 5.82 Å². The summed E-state index contributed by atoms with van der Waals surface area (Å²) in [6.07, 6.45) is 1.65. The molecule has 0 atom stereocenters. The summed E-state index contributed by atoms with van der Waals surface area (Å²) in [6.45, 7) is 2.31. The molecule has 24 heavy (non-hydrogen) atoms. The fourth-order valence-corrected chi connectivity index (χ4v) is 3.45. The summed E-state index contributed by atoms with van der Waals surface area (Å²) in [5, 5.41) is 5.13. The van der Waals surface area contributed by atoms with Gasteiger partial charge in [0.05, 0.1) is 16.8 Å².